The third kappa shape index (κ3) is 8.67. The van der Waals surface area contributed by atoms with E-state index in [1.165, 1.54) is 20.4 Å². The predicted molar refractivity (Wildman–Crippen MR) is 139 cm³/mol. The van der Waals surface area contributed by atoms with Crippen LogP contribution in [0, 0.1) is 6.92 Å². The number of Topliss-reactive ketones (excluding diaryl/α,β-unsaturated/α-hetero) is 1. The second kappa shape index (κ2) is 15.2. The Kier molecular flexibility index (Phi) is 12.4. The van der Waals surface area contributed by atoms with Crippen molar-refractivity contribution >= 4 is 34.8 Å². The van der Waals surface area contributed by atoms with Crippen molar-refractivity contribution in [3.63, 3.8) is 0 Å². The predicted octanol–water partition coefficient (Wildman–Crippen LogP) is -0.462. The number of benzene rings is 1. The molecule has 1 aromatic carbocycles. The van der Waals surface area contributed by atoms with E-state index in [1.54, 1.807) is 44.2 Å². The molecule has 0 aliphatic carbocycles. The normalized spacial score (nSPS) is 15.0. The van der Waals surface area contributed by atoms with Gasteiger partial charge >= 0.3 is 0 Å². The van der Waals surface area contributed by atoms with Gasteiger partial charge in [0.15, 0.2) is 5.78 Å². The molecule has 2 rings (SSSR count). The Hall–Kier alpha value is -3.23. The van der Waals surface area contributed by atoms with Gasteiger partial charge in [-0.05, 0) is 12.5 Å². The van der Waals surface area contributed by atoms with Crippen LogP contribution in [-0.4, -0.2) is 97.0 Å². The van der Waals surface area contributed by atoms with Crippen LogP contribution in [0.5, 0.6) is 0 Å². The minimum atomic E-state index is -1.71. The summed E-state index contributed by atoms with van der Waals surface area (Å²) in [6.45, 7) is 2.19. The molecule has 1 heterocycles. The maximum atomic E-state index is 13.2. The molecule has 0 spiro atoms. The number of methoxy groups -OCH3 is 2. The largest absolute Gasteiger partial charge is 0.393 e. The molecule has 12 nitrogen and oxygen atoms in total. The van der Waals surface area contributed by atoms with Crippen LogP contribution in [0.2, 0.25) is 0 Å². The van der Waals surface area contributed by atoms with Gasteiger partial charge in [-0.2, -0.15) is 0 Å². The number of aliphatic hydroxyl groups is 2. The average Bonchev–Trinajstić information content (AvgIpc) is 3.36. The number of aryl methyl sites for hydroxylation is 1. The number of ketones is 1. The molecule has 0 bridgehead atoms. The Morgan fingerprint density at radius 3 is 2.08 bits per heavy atom. The molecule has 5 atom stereocenters. The molecule has 0 radical (unpaired) electrons. The molecule has 13 heteroatoms. The Bertz CT molecular complexity index is 1080. The number of carbonyl (C=O) groups excluding carboxylic acids is 4. The highest BCUT2D eigenvalue weighted by atomic mass is 32.1. The van der Waals surface area contributed by atoms with Gasteiger partial charge in [0, 0.05) is 20.1 Å². The molecule has 0 aliphatic heterocycles. The average molecular weight is 551 g/mol. The van der Waals surface area contributed by atoms with Crippen LogP contribution in [0.1, 0.15) is 33.1 Å². The standard InChI is InChI=1S/C25H34N4O8S/c1-14(16-8-6-5-7-9-16)21(22(32)19(31)11-30)29-24(34)18(13-37-4)27-23(33)17(12-36-3)28-25(35)20-10-26-15(2)38-20/h5-10,14,17-19,21,30-31H,11-13H2,1-4H3,(H,27,33)(H,28,35)(H,29,34). The molecule has 38 heavy (non-hydrogen) atoms. The number of carbonyl (C=O) groups is 4. The monoisotopic (exact) mass is 550 g/mol. The first-order valence-electron chi connectivity index (χ1n) is 11.8. The van der Waals surface area contributed by atoms with Crippen LogP contribution in [0.4, 0.5) is 0 Å². The van der Waals surface area contributed by atoms with Gasteiger partial charge in [0.1, 0.15) is 23.1 Å². The van der Waals surface area contributed by atoms with Crippen molar-refractivity contribution < 1.29 is 38.9 Å². The van der Waals surface area contributed by atoms with E-state index in [0.29, 0.717) is 15.4 Å². The number of aliphatic hydroxyl groups excluding tert-OH is 2. The minimum Gasteiger partial charge on any atom is -0.393 e. The van der Waals surface area contributed by atoms with Crippen LogP contribution >= 0.6 is 11.3 Å². The molecule has 0 saturated carbocycles. The maximum Gasteiger partial charge on any atom is 0.263 e. The molecule has 3 amide bonds. The third-order valence-corrected chi connectivity index (χ3v) is 6.61. The number of amides is 3. The summed E-state index contributed by atoms with van der Waals surface area (Å²) in [6.07, 6.45) is -0.317. The second-order valence-electron chi connectivity index (χ2n) is 8.53. The fourth-order valence-corrected chi connectivity index (χ4v) is 4.29. The number of nitrogens with one attached hydrogen (secondary N) is 3. The zero-order valence-corrected chi connectivity index (χ0v) is 22.5. The fraction of sp³-hybridized carbons (Fsp3) is 0.480. The van der Waals surface area contributed by atoms with E-state index in [1.807, 2.05) is 0 Å². The smallest absolute Gasteiger partial charge is 0.263 e. The summed E-state index contributed by atoms with van der Waals surface area (Å²) in [4.78, 5) is 56.0. The summed E-state index contributed by atoms with van der Waals surface area (Å²) in [5, 5.41) is 27.7. The number of aromatic nitrogens is 1. The summed E-state index contributed by atoms with van der Waals surface area (Å²) in [7, 11) is 2.69. The lowest BCUT2D eigenvalue weighted by Gasteiger charge is -2.28. The Morgan fingerprint density at radius 2 is 1.55 bits per heavy atom. The Morgan fingerprint density at radius 1 is 0.974 bits per heavy atom. The van der Waals surface area contributed by atoms with E-state index >= 15 is 0 Å². The molecule has 5 unspecified atom stereocenters. The highest BCUT2D eigenvalue weighted by Crippen LogP contribution is 2.21. The van der Waals surface area contributed by atoms with Crippen molar-refractivity contribution in [1.82, 2.24) is 20.9 Å². The van der Waals surface area contributed by atoms with Gasteiger partial charge < -0.3 is 35.6 Å². The van der Waals surface area contributed by atoms with Crippen molar-refractivity contribution in [3.8, 4) is 0 Å². The topological polar surface area (TPSA) is 176 Å². The van der Waals surface area contributed by atoms with Crippen LogP contribution in [-0.2, 0) is 23.9 Å². The van der Waals surface area contributed by atoms with Crippen molar-refractivity contribution in [2.24, 2.45) is 0 Å². The van der Waals surface area contributed by atoms with Crippen molar-refractivity contribution in [2.75, 3.05) is 34.0 Å². The van der Waals surface area contributed by atoms with Crippen LogP contribution in [0.25, 0.3) is 0 Å². The van der Waals surface area contributed by atoms with Crippen molar-refractivity contribution in [1.29, 1.82) is 0 Å². The fourth-order valence-electron chi connectivity index (χ4n) is 3.61. The van der Waals surface area contributed by atoms with E-state index in [0.717, 1.165) is 11.3 Å². The molecule has 0 fully saturated rings. The van der Waals surface area contributed by atoms with Gasteiger partial charge in [0.05, 0.1) is 37.1 Å². The zero-order valence-electron chi connectivity index (χ0n) is 21.7. The van der Waals surface area contributed by atoms with Gasteiger partial charge in [-0.15, -0.1) is 11.3 Å². The highest BCUT2D eigenvalue weighted by molar-refractivity contribution is 7.13. The third-order valence-electron chi connectivity index (χ3n) is 5.70. The number of thiazole rings is 1. The van der Waals surface area contributed by atoms with Crippen LogP contribution in [0.15, 0.2) is 36.5 Å². The van der Waals surface area contributed by atoms with Crippen LogP contribution in [0.3, 0.4) is 0 Å². The van der Waals surface area contributed by atoms with Gasteiger partial charge in [0.25, 0.3) is 5.91 Å². The molecule has 208 valence electrons. The van der Waals surface area contributed by atoms with E-state index in [4.69, 9.17) is 9.47 Å². The minimum absolute atomic E-state index is 0.175. The van der Waals surface area contributed by atoms with Crippen molar-refractivity contribution in [2.45, 2.75) is 44.0 Å². The molecule has 2 aromatic rings. The lowest BCUT2D eigenvalue weighted by molar-refractivity contribution is -0.137. The summed E-state index contributed by atoms with van der Waals surface area (Å²) in [5.74, 6) is -3.36. The lowest BCUT2D eigenvalue weighted by atomic mass is 9.88. The molecule has 5 N–H and O–H groups in total. The van der Waals surface area contributed by atoms with Gasteiger partial charge in [-0.1, -0.05) is 37.3 Å². The molecule has 0 aliphatic rings. The first-order chi connectivity index (χ1) is 18.1. The van der Waals surface area contributed by atoms with E-state index in [2.05, 4.69) is 20.9 Å². The van der Waals surface area contributed by atoms with E-state index in [-0.39, 0.29) is 13.2 Å². The van der Waals surface area contributed by atoms with Gasteiger partial charge in [0.2, 0.25) is 11.8 Å². The van der Waals surface area contributed by atoms with Gasteiger partial charge in [-0.25, -0.2) is 4.98 Å². The highest BCUT2D eigenvalue weighted by Gasteiger charge is 2.35. The molecule has 0 saturated heterocycles. The maximum absolute atomic E-state index is 13.2. The molecular weight excluding hydrogens is 516 g/mol. The first-order valence-corrected chi connectivity index (χ1v) is 12.6. The summed E-state index contributed by atoms with van der Waals surface area (Å²) in [6, 6.07) is 5.25. The number of rotatable bonds is 15. The quantitative estimate of drug-likeness (QED) is 0.196. The second-order valence-corrected chi connectivity index (χ2v) is 9.76. The Balaban J connectivity index is 2.20. The summed E-state index contributed by atoms with van der Waals surface area (Å²) in [5.41, 5.74) is 0.713. The summed E-state index contributed by atoms with van der Waals surface area (Å²) >= 11 is 1.16. The van der Waals surface area contributed by atoms with Gasteiger partial charge in [-0.3, -0.25) is 19.2 Å². The number of hydrogen-bond acceptors (Lipinski definition) is 10. The molecule has 1 aromatic heterocycles. The number of hydrogen-bond donors (Lipinski definition) is 5. The van der Waals surface area contributed by atoms with E-state index < -0.39 is 60.3 Å². The number of ether oxygens (including phenoxy) is 2. The van der Waals surface area contributed by atoms with Crippen LogP contribution < -0.4 is 16.0 Å². The number of nitrogens with zero attached hydrogens (tertiary/aromatic N) is 1. The van der Waals surface area contributed by atoms with E-state index in [9.17, 15) is 29.4 Å². The molecular formula is C25H34N4O8S. The zero-order chi connectivity index (χ0) is 28.2. The Labute approximate surface area is 224 Å². The first kappa shape index (κ1) is 31.0. The van der Waals surface area contributed by atoms with Crippen molar-refractivity contribution in [3.05, 3.63) is 52.0 Å². The SMILES string of the molecule is COCC(NC(=O)c1cnc(C)s1)C(=O)NC(COC)C(=O)NC(C(=O)C(O)CO)C(C)c1ccccc1. The summed E-state index contributed by atoms with van der Waals surface area (Å²) < 4.78 is 10.2. The lowest BCUT2D eigenvalue weighted by Crippen LogP contribution is -2.59.